The van der Waals surface area contributed by atoms with Crippen molar-refractivity contribution in [3.05, 3.63) is 28.8 Å². The van der Waals surface area contributed by atoms with Gasteiger partial charge in [-0.25, -0.2) is 0 Å². The molecule has 5 heteroatoms. The molecule has 2 rings (SSSR count). The molecule has 1 fully saturated rings. The van der Waals surface area contributed by atoms with Crippen molar-refractivity contribution in [1.82, 2.24) is 10.2 Å². The highest BCUT2D eigenvalue weighted by atomic mass is 35.5. The lowest BCUT2D eigenvalue weighted by Gasteiger charge is -2.22. The molecule has 1 amide bonds. The van der Waals surface area contributed by atoms with Gasteiger partial charge >= 0.3 is 0 Å². The van der Waals surface area contributed by atoms with E-state index in [0.717, 1.165) is 30.8 Å². The molecule has 0 radical (unpaired) electrons. The molecule has 104 valence electrons. The molecular formula is C14H19ClN2O2. The number of methoxy groups -OCH3 is 1. The summed E-state index contributed by atoms with van der Waals surface area (Å²) >= 11 is 5.99. The Morgan fingerprint density at radius 3 is 3.00 bits per heavy atom. The highest BCUT2D eigenvalue weighted by Crippen LogP contribution is 2.24. The van der Waals surface area contributed by atoms with E-state index in [4.69, 9.17) is 16.3 Å². The fourth-order valence-corrected chi connectivity index (χ4v) is 2.58. The standard InChI is InChI=1S/C14H19ClN2O2/c1-17(14(18)10-5-6-16-8-10)9-11-7-12(15)3-4-13(11)19-2/h3-4,7,10,16H,5-6,8-9H2,1-2H3/t10-/m1/s1. The number of amides is 1. The predicted molar refractivity (Wildman–Crippen MR) is 75.5 cm³/mol. The normalized spacial score (nSPS) is 18.4. The van der Waals surface area contributed by atoms with Crippen LogP contribution in [0.4, 0.5) is 0 Å². The lowest BCUT2D eigenvalue weighted by molar-refractivity contribution is -0.134. The maximum Gasteiger partial charge on any atom is 0.227 e. The molecule has 1 heterocycles. The third kappa shape index (κ3) is 3.39. The zero-order valence-electron chi connectivity index (χ0n) is 11.3. The summed E-state index contributed by atoms with van der Waals surface area (Å²) in [7, 11) is 3.44. The van der Waals surface area contributed by atoms with E-state index in [-0.39, 0.29) is 11.8 Å². The number of hydrogen-bond donors (Lipinski definition) is 1. The Hall–Kier alpha value is -1.26. The molecule has 4 nitrogen and oxygen atoms in total. The minimum atomic E-state index is 0.0928. The summed E-state index contributed by atoms with van der Waals surface area (Å²) < 4.78 is 5.30. The van der Waals surface area contributed by atoms with E-state index in [9.17, 15) is 4.79 Å². The van der Waals surface area contributed by atoms with Crippen molar-refractivity contribution >= 4 is 17.5 Å². The van der Waals surface area contributed by atoms with E-state index in [1.165, 1.54) is 0 Å². The van der Waals surface area contributed by atoms with Gasteiger partial charge in [-0.2, -0.15) is 0 Å². The average molecular weight is 283 g/mol. The van der Waals surface area contributed by atoms with Crippen molar-refractivity contribution in [2.45, 2.75) is 13.0 Å². The van der Waals surface area contributed by atoms with Crippen molar-refractivity contribution in [2.24, 2.45) is 5.92 Å². The summed E-state index contributed by atoms with van der Waals surface area (Å²) in [6.07, 6.45) is 0.913. The van der Waals surface area contributed by atoms with Gasteiger partial charge in [0.2, 0.25) is 5.91 Å². The number of rotatable bonds is 4. The molecule has 0 bridgehead atoms. The fraction of sp³-hybridized carbons (Fsp3) is 0.500. The van der Waals surface area contributed by atoms with Crippen LogP contribution in [0.2, 0.25) is 5.02 Å². The second-order valence-corrected chi connectivity index (χ2v) is 5.28. The zero-order valence-corrected chi connectivity index (χ0v) is 12.0. The van der Waals surface area contributed by atoms with Gasteiger partial charge in [0.15, 0.2) is 0 Å². The first-order chi connectivity index (χ1) is 9.11. The fourth-order valence-electron chi connectivity index (χ4n) is 2.38. The van der Waals surface area contributed by atoms with Crippen LogP contribution in [0.3, 0.4) is 0 Å². The Bertz CT molecular complexity index is 459. The maximum atomic E-state index is 12.2. The quantitative estimate of drug-likeness (QED) is 0.917. The van der Waals surface area contributed by atoms with Gasteiger partial charge < -0.3 is 15.0 Å². The molecule has 19 heavy (non-hydrogen) atoms. The van der Waals surface area contributed by atoms with Gasteiger partial charge in [-0.15, -0.1) is 0 Å². The second-order valence-electron chi connectivity index (χ2n) is 4.84. The number of carbonyl (C=O) groups is 1. The SMILES string of the molecule is COc1ccc(Cl)cc1CN(C)C(=O)[C@@H]1CCNC1. The molecule has 1 saturated heterocycles. The number of benzene rings is 1. The molecule has 1 aliphatic rings. The Morgan fingerprint density at radius 1 is 1.58 bits per heavy atom. The molecule has 0 aliphatic carbocycles. The minimum absolute atomic E-state index is 0.0928. The smallest absolute Gasteiger partial charge is 0.227 e. The van der Waals surface area contributed by atoms with Crippen LogP contribution in [0.15, 0.2) is 18.2 Å². The van der Waals surface area contributed by atoms with E-state index in [1.54, 1.807) is 18.1 Å². The highest BCUT2D eigenvalue weighted by molar-refractivity contribution is 6.30. The molecule has 1 aliphatic heterocycles. The maximum absolute atomic E-state index is 12.2. The van der Waals surface area contributed by atoms with Crippen LogP contribution in [0, 0.1) is 5.92 Å². The van der Waals surface area contributed by atoms with Crippen molar-refractivity contribution in [2.75, 3.05) is 27.2 Å². The molecule has 0 aromatic heterocycles. The first-order valence-corrected chi connectivity index (χ1v) is 6.77. The van der Waals surface area contributed by atoms with Crippen molar-refractivity contribution < 1.29 is 9.53 Å². The average Bonchev–Trinajstić information content (AvgIpc) is 2.92. The van der Waals surface area contributed by atoms with Gasteiger partial charge in [-0.1, -0.05) is 11.6 Å². The van der Waals surface area contributed by atoms with Gasteiger partial charge in [-0.05, 0) is 31.2 Å². The first kappa shape index (κ1) is 14.2. The molecule has 0 saturated carbocycles. The highest BCUT2D eigenvalue weighted by Gasteiger charge is 2.25. The predicted octanol–water partition coefficient (Wildman–Crippen LogP) is 1.92. The third-order valence-electron chi connectivity index (χ3n) is 3.44. The molecule has 1 aromatic rings. The lowest BCUT2D eigenvalue weighted by atomic mass is 10.1. The van der Waals surface area contributed by atoms with E-state index in [2.05, 4.69) is 5.32 Å². The number of hydrogen-bond acceptors (Lipinski definition) is 3. The molecular weight excluding hydrogens is 264 g/mol. The lowest BCUT2D eigenvalue weighted by Crippen LogP contribution is -2.33. The van der Waals surface area contributed by atoms with Crippen molar-refractivity contribution in [1.29, 1.82) is 0 Å². The molecule has 1 atom stereocenters. The largest absolute Gasteiger partial charge is 0.496 e. The van der Waals surface area contributed by atoms with Crippen LogP contribution in [0.5, 0.6) is 5.75 Å². The van der Waals surface area contributed by atoms with E-state index in [0.29, 0.717) is 11.6 Å². The van der Waals surface area contributed by atoms with Gasteiger partial charge in [0.25, 0.3) is 0 Å². The number of carbonyl (C=O) groups excluding carboxylic acids is 1. The van der Waals surface area contributed by atoms with E-state index < -0.39 is 0 Å². The molecule has 0 spiro atoms. The Balaban J connectivity index is 2.07. The van der Waals surface area contributed by atoms with Crippen LogP contribution >= 0.6 is 11.6 Å². The van der Waals surface area contributed by atoms with Gasteiger partial charge in [-0.3, -0.25) is 4.79 Å². The summed E-state index contributed by atoms with van der Waals surface area (Å²) in [4.78, 5) is 14.0. The number of nitrogens with zero attached hydrogens (tertiary/aromatic N) is 1. The number of halogens is 1. The van der Waals surface area contributed by atoms with Crippen LogP contribution < -0.4 is 10.1 Å². The number of ether oxygens (including phenoxy) is 1. The van der Waals surface area contributed by atoms with E-state index >= 15 is 0 Å². The van der Waals surface area contributed by atoms with Gasteiger partial charge in [0.1, 0.15) is 5.75 Å². The number of nitrogens with one attached hydrogen (secondary N) is 1. The Labute approximate surface area is 118 Å². The summed E-state index contributed by atoms with van der Waals surface area (Å²) in [6.45, 7) is 2.21. The van der Waals surface area contributed by atoms with Gasteiger partial charge in [0, 0.05) is 30.7 Å². The summed E-state index contributed by atoms with van der Waals surface area (Å²) in [5.74, 6) is 1.02. The van der Waals surface area contributed by atoms with E-state index in [1.807, 2.05) is 19.2 Å². The molecule has 1 N–H and O–H groups in total. The van der Waals surface area contributed by atoms with Gasteiger partial charge in [0.05, 0.1) is 13.0 Å². The van der Waals surface area contributed by atoms with Crippen molar-refractivity contribution in [3.63, 3.8) is 0 Å². The topological polar surface area (TPSA) is 41.6 Å². The second kappa shape index (κ2) is 6.26. The van der Waals surface area contributed by atoms with Crippen LogP contribution in [-0.2, 0) is 11.3 Å². The minimum Gasteiger partial charge on any atom is -0.496 e. The summed E-state index contributed by atoms with van der Waals surface area (Å²) in [5.41, 5.74) is 0.928. The zero-order chi connectivity index (χ0) is 13.8. The molecule has 1 aromatic carbocycles. The monoisotopic (exact) mass is 282 g/mol. The first-order valence-electron chi connectivity index (χ1n) is 6.40. The molecule has 0 unspecified atom stereocenters. The van der Waals surface area contributed by atoms with Crippen molar-refractivity contribution in [3.8, 4) is 5.75 Å². The third-order valence-corrected chi connectivity index (χ3v) is 3.67. The van der Waals surface area contributed by atoms with Crippen LogP contribution in [-0.4, -0.2) is 38.1 Å². The Kier molecular flexibility index (Phi) is 4.66. The summed E-state index contributed by atoms with van der Waals surface area (Å²) in [5, 5.41) is 3.86. The Morgan fingerprint density at radius 2 is 2.37 bits per heavy atom. The van der Waals surface area contributed by atoms with Crippen LogP contribution in [0.25, 0.3) is 0 Å². The van der Waals surface area contributed by atoms with Crippen LogP contribution in [0.1, 0.15) is 12.0 Å². The summed E-state index contributed by atoms with van der Waals surface area (Å²) in [6, 6.07) is 5.46.